The number of hydrogen-bond acceptors (Lipinski definition) is 3. The number of rotatable bonds is 4. The fourth-order valence-electron chi connectivity index (χ4n) is 3.71. The molecule has 0 aliphatic carbocycles. The van der Waals surface area contributed by atoms with E-state index in [1.54, 1.807) is 17.0 Å². The molecule has 2 aromatic rings. The van der Waals surface area contributed by atoms with Crippen LogP contribution < -0.4 is 9.62 Å². The van der Waals surface area contributed by atoms with Crippen LogP contribution in [-0.2, 0) is 27.7 Å². The van der Waals surface area contributed by atoms with Crippen molar-refractivity contribution in [1.82, 2.24) is 4.72 Å². The van der Waals surface area contributed by atoms with Gasteiger partial charge in [-0.3, -0.25) is 4.79 Å². The summed E-state index contributed by atoms with van der Waals surface area (Å²) in [5.74, 6) is 0.0658. The quantitative estimate of drug-likeness (QED) is 0.916. The van der Waals surface area contributed by atoms with Gasteiger partial charge in [-0.2, -0.15) is 0 Å². The number of carbonyl (C=O) groups is 1. The van der Waals surface area contributed by atoms with E-state index >= 15 is 0 Å². The molecular weight excluding hydrogens is 336 g/mol. The standard InChI is InChI=1S/C19H20N2O3S/c1-13(14-6-3-2-4-7-14)20-25(23,24)17-10-15-8-5-9-21-18(22)12-16(11-17)19(15)21/h2-4,6-7,10-11,13,20H,5,8-9,12H2,1H3. The van der Waals surface area contributed by atoms with E-state index in [9.17, 15) is 13.2 Å². The monoisotopic (exact) mass is 356 g/mol. The molecular formula is C19H20N2O3S. The van der Waals surface area contributed by atoms with E-state index in [1.165, 1.54) is 0 Å². The Morgan fingerprint density at radius 1 is 1.12 bits per heavy atom. The second-order valence-corrected chi connectivity index (χ2v) is 8.38. The van der Waals surface area contributed by atoms with Gasteiger partial charge in [-0.1, -0.05) is 30.3 Å². The summed E-state index contributed by atoms with van der Waals surface area (Å²) in [5, 5.41) is 0. The van der Waals surface area contributed by atoms with Crippen molar-refractivity contribution < 1.29 is 13.2 Å². The summed E-state index contributed by atoms with van der Waals surface area (Å²) in [6.07, 6.45) is 1.97. The summed E-state index contributed by atoms with van der Waals surface area (Å²) >= 11 is 0. The summed E-state index contributed by atoms with van der Waals surface area (Å²) in [7, 11) is -3.65. The normalized spacial score (nSPS) is 17.5. The zero-order chi connectivity index (χ0) is 17.6. The fraction of sp³-hybridized carbons (Fsp3) is 0.316. The minimum atomic E-state index is -3.65. The van der Waals surface area contributed by atoms with Crippen LogP contribution >= 0.6 is 0 Å². The molecule has 0 saturated heterocycles. The summed E-state index contributed by atoms with van der Waals surface area (Å²) in [6.45, 7) is 2.56. The molecule has 0 bridgehead atoms. The third kappa shape index (κ3) is 2.85. The number of amides is 1. The lowest BCUT2D eigenvalue weighted by molar-refractivity contribution is -0.117. The van der Waals surface area contributed by atoms with Gasteiger partial charge >= 0.3 is 0 Å². The highest BCUT2D eigenvalue weighted by Crippen LogP contribution is 2.38. The maximum absolute atomic E-state index is 12.9. The molecule has 2 aliphatic heterocycles. The molecule has 2 aliphatic rings. The van der Waals surface area contributed by atoms with Crippen molar-refractivity contribution in [3.05, 3.63) is 59.2 Å². The molecule has 1 amide bonds. The predicted octanol–water partition coefficient (Wildman–Crippen LogP) is 2.56. The first-order valence-electron chi connectivity index (χ1n) is 8.49. The van der Waals surface area contributed by atoms with Gasteiger partial charge in [0, 0.05) is 12.6 Å². The van der Waals surface area contributed by atoms with Crippen molar-refractivity contribution >= 4 is 21.6 Å². The van der Waals surface area contributed by atoms with Gasteiger partial charge in [0.1, 0.15) is 0 Å². The minimum absolute atomic E-state index is 0.0658. The zero-order valence-electron chi connectivity index (χ0n) is 14.0. The van der Waals surface area contributed by atoms with Crippen molar-refractivity contribution in [3.8, 4) is 0 Å². The van der Waals surface area contributed by atoms with Gasteiger partial charge in [0.2, 0.25) is 15.9 Å². The molecule has 0 fully saturated rings. The average molecular weight is 356 g/mol. The van der Waals surface area contributed by atoms with Gasteiger partial charge in [0.05, 0.1) is 17.0 Å². The van der Waals surface area contributed by atoms with E-state index in [-0.39, 0.29) is 16.8 Å². The van der Waals surface area contributed by atoms with E-state index in [4.69, 9.17) is 0 Å². The molecule has 2 heterocycles. The molecule has 4 rings (SSSR count). The molecule has 0 saturated carbocycles. The first-order valence-corrected chi connectivity index (χ1v) is 9.97. The molecule has 130 valence electrons. The Balaban J connectivity index is 1.68. The van der Waals surface area contributed by atoms with E-state index < -0.39 is 10.0 Å². The number of anilines is 1. The lowest BCUT2D eigenvalue weighted by atomic mass is 10.0. The summed E-state index contributed by atoms with van der Waals surface area (Å²) in [4.78, 5) is 14.2. The van der Waals surface area contributed by atoms with Gasteiger partial charge in [-0.05, 0) is 48.6 Å². The Morgan fingerprint density at radius 3 is 2.60 bits per heavy atom. The Morgan fingerprint density at radius 2 is 1.84 bits per heavy atom. The van der Waals surface area contributed by atoms with Crippen LogP contribution in [0.1, 0.15) is 36.1 Å². The Kier molecular flexibility index (Phi) is 3.89. The summed E-state index contributed by atoms with van der Waals surface area (Å²) < 4.78 is 28.5. The number of hydrogen-bond donors (Lipinski definition) is 1. The maximum Gasteiger partial charge on any atom is 0.241 e. The van der Waals surface area contributed by atoms with E-state index in [0.717, 1.165) is 41.8 Å². The van der Waals surface area contributed by atoms with E-state index in [2.05, 4.69) is 4.72 Å². The number of sulfonamides is 1. The molecule has 1 atom stereocenters. The van der Waals surface area contributed by atoms with Crippen molar-refractivity contribution in [2.45, 2.75) is 37.1 Å². The number of nitrogens with zero attached hydrogens (tertiary/aromatic N) is 1. The lowest BCUT2D eigenvalue weighted by Gasteiger charge is -2.26. The first-order chi connectivity index (χ1) is 12.0. The van der Waals surface area contributed by atoms with Crippen molar-refractivity contribution in [2.24, 2.45) is 0 Å². The van der Waals surface area contributed by atoms with Crippen LogP contribution in [-0.4, -0.2) is 20.9 Å². The second-order valence-electron chi connectivity index (χ2n) is 6.67. The molecule has 1 unspecified atom stereocenters. The Bertz CT molecular complexity index is 939. The SMILES string of the molecule is CC(NS(=O)(=O)c1cc2c3c(c1)CC(=O)N3CCC2)c1ccccc1. The molecule has 5 nitrogen and oxygen atoms in total. The first kappa shape index (κ1) is 16.3. The number of benzene rings is 2. The van der Waals surface area contributed by atoms with Crippen molar-refractivity contribution in [1.29, 1.82) is 0 Å². The van der Waals surface area contributed by atoms with Crippen molar-refractivity contribution in [2.75, 3.05) is 11.4 Å². The highest BCUT2D eigenvalue weighted by atomic mass is 32.2. The Labute approximate surface area is 147 Å². The van der Waals surface area contributed by atoms with Crippen LogP contribution in [0.2, 0.25) is 0 Å². The minimum Gasteiger partial charge on any atom is -0.312 e. The van der Waals surface area contributed by atoms with Gasteiger partial charge in [0.15, 0.2) is 0 Å². The maximum atomic E-state index is 12.9. The lowest BCUT2D eigenvalue weighted by Crippen LogP contribution is -2.31. The third-order valence-corrected chi connectivity index (χ3v) is 6.44. The van der Waals surface area contributed by atoms with Gasteiger partial charge in [0.25, 0.3) is 0 Å². The second kappa shape index (κ2) is 5.97. The van der Waals surface area contributed by atoms with Crippen LogP contribution in [0.25, 0.3) is 0 Å². The van der Waals surface area contributed by atoms with Crippen LogP contribution in [0.3, 0.4) is 0 Å². The average Bonchev–Trinajstić information content (AvgIpc) is 2.93. The number of nitrogens with one attached hydrogen (secondary N) is 1. The summed E-state index contributed by atoms with van der Waals surface area (Å²) in [6, 6.07) is 12.5. The Hall–Kier alpha value is -2.18. The van der Waals surface area contributed by atoms with Crippen LogP contribution in [0, 0.1) is 0 Å². The topological polar surface area (TPSA) is 66.5 Å². The van der Waals surface area contributed by atoms with E-state index in [0.29, 0.717) is 6.42 Å². The smallest absolute Gasteiger partial charge is 0.241 e. The molecule has 0 aromatic heterocycles. The third-order valence-electron chi connectivity index (χ3n) is 4.92. The van der Waals surface area contributed by atoms with Crippen molar-refractivity contribution in [3.63, 3.8) is 0 Å². The van der Waals surface area contributed by atoms with Gasteiger partial charge in [-0.25, -0.2) is 13.1 Å². The number of carbonyl (C=O) groups excluding carboxylic acids is 1. The van der Waals surface area contributed by atoms with Gasteiger partial charge < -0.3 is 4.90 Å². The van der Waals surface area contributed by atoms with Crippen LogP contribution in [0.4, 0.5) is 5.69 Å². The molecule has 1 N–H and O–H groups in total. The zero-order valence-corrected chi connectivity index (χ0v) is 14.8. The largest absolute Gasteiger partial charge is 0.312 e. The van der Waals surface area contributed by atoms with Crippen LogP contribution in [0.15, 0.2) is 47.4 Å². The highest BCUT2D eigenvalue weighted by molar-refractivity contribution is 7.89. The molecule has 2 aromatic carbocycles. The summed E-state index contributed by atoms with van der Waals surface area (Å²) in [5.41, 5.74) is 3.64. The number of aryl methyl sites for hydroxylation is 1. The van der Waals surface area contributed by atoms with E-state index in [1.807, 2.05) is 37.3 Å². The molecule has 0 radical (unpaired) electrons. The highest BCUT2D eigenvalue weighted by Gasteiger charge is 2.34. The van der Waals surface area contributed by atoms with Gasteiger partial charge in [-0.15, -0.1) is 0 Å². The molecule has 0 spiro atoms. The van der Waals surface area contributed by atoms with Crippen LogP contribution in [0.5, 0.6) is 0 Å². The predicted molar refractivity (Wildman–Crippen MR) is 96.0 cm³/mol. The molecule has 6 heteroatoms. The molecule has 25 heavy (non-hydrogen) atoms. The fourth-order valence-corrected chi connectivity index (χ4v) is 5.05.